The molecule has 5 nitrogen and oxygen atoms in total. The van der Waals surface area contributed by atoms with Crippen molar-refractivity contribution in [3.63, 3.8) is 0 Å². The number of urea groups is 1. The van der Waals surface area contributed by atoms with Gasteiger partial charge in [-0.1, -0.05) is 18.2 Å². The van der Waals surface area contributed by atoms with Gasteiger partial charge in [-0.15, -0.1) is 0 Å². The van der Waals surface area contributed by atoms with Crippen LogP contribution in [0.1, 0.15) is 36.8 Å². The van der Waals surface area contributed by atoms with E-state index in [0.717, 1.165) is 36.8 Å². The summed E-state index contributed by atoms with van der Waals surface area (Å²) in [6.45, 7) is 2.37. The Morgan fingerprint density at radius 3 is 2.54 bits per heavy atom. The van der Waals surface area contributed by atoms with Crippen molar-refractivity contribution in [3.8, 4) is 5.88 Å². The van der Waals surface area contributed by atoms with Crippen LogP contribution < -0.4 is 15.4 Å². The maximum Gasteiger partial charge on any atom is 0.315 e. The SMILES string of the molecule is Cc1ccc(OC2CCC(NC(=O)NCc3ccc(F)cc3)CC2)nc1. The quantitative estimate of drug-likeness (QED) is 0.857. The predicted octanol–water partition coefficient (Wildman–Crippen LogP) is 3.72. The molecule has 1 aromatic heterocycles. The van der Waals surface area contributed by atoms with Crippen molar-refractivity contribution in [1.82, 2.24) is 15.6 Å². The Kier molecular flexibility index (Phi) is 6.04. The van der Waals surface area contributed by atoms with Gasteiger partial charge in [0.15, 0.2) is 0 Å². The third-order valence-corrected chi connectivity index (χ3v) is 4.55. The molecule has 1 aliphatic carbocycles. The molecular weight excluding hydrogens is 333 g/mol. The van der Waals surface area contributed by atoms with Gasteiger partial charge >= 0.3 is 6.03 Å². The summed E-state index contributed by atoms with van der Waals surface area (Å²) in [6, 6.07) is 9.93. The van der Waals surface area contributed by atoms with Gasteiger partial charge in [0.25, 0.3) is 0 Å². The number of aromatic nitrogens is 1. The average molecular weight is 357 g/mol. The molecule has 2 aromatic rings. The zero-order valence-electron chi connectivity index (χ0n) is 14.9. The molecule has 1 aromatic carbocycles. The van der Waals surface area contributed by atoms with Crippen molar-refractivity contribution < 1.29 is 13.9 Å². The molecule has 2 N–H and O–H groups in total. The number of nitrogens with zero attached hydrogens (tertiary/aromatic N) is 1. The third-order valence-electron chi connectivity index (χ3n) is 4.55. The molecule has 2 amide bonds. The van der Waals surface area contributed by atoms with Gasteiger partial charge in [-0.3, -0.25) is 0 Å². The highest BCUT2D eigenvalue weighted by Gasteiger charge is 2.23. The van der Waals surface area contributed by atoms with Crippen LogP contribution in [-0.2, 0) is 6.54 Å². The molecule has 0 spiro atoms. The van der Waals surface area contributed by atoms with E-state index in [-0.39, 0.29) is 24.0 Å². The molecule has 1 fully saturated rings. The summed E-state index contributed by atoms with van der Waals surface area (Å²) < 4.78 is 18.8. The second-order valence-electron chi connectivity index (χ2n) is 6.72. The Morgan fingerprint density at radius 2 is 1.88 bits per heavy atom. The van der Waals surface area contributed by atoms with Crippen LogP contribution in [-0.4, -0.2) is 23.2 Å². The van der Waals surface area contributed by atoms with E-state index in [4.69, 9.17) is 4.74 Å². The first-order valence-corrected chi connectivity index (χ1v) is 8.96. The van der Waals surface area contributed by atoms with Crippen LogP contribution in [0.2, 0.25) is 0 Å². The minimum atomic E-state index is -0.280. The number of halogens is 1. The maximum atomic E-state index is 12.9. The Balaban J connectivity index is 1.37. The summed E-state index contributed by atoms with van der Waals surface area (Å²) in [6.07, 6.45) is 5.47. The van der Waals surface area contributed by atoms with Crippen LogP contribution in [0.5, 0.6) is 5.88 Å². The van der Waals surface area contributed by atoms with E-state index in [2.05, 4.69) is 15.6 Å². The number of nitrogens with one attached hydrogen (secondary N) is 2. The molecule has 0 bridgehead atoms. The van der Waals surface area contributed by atoms with E-state index < -0.39 is 0 Å². The number of pyridine rings is 1. The van der Waals surface area contributed by atoms with Crippen molar-refractivity contribution in [1.29, 1.82) is 0 Å². The number of benzene rings is 1. The number of amides is 2. The van der Waals surface area contributed by atoms with Crippen LogP contribution in [0.15, 0.2) is 42.6 Å². The average Bonchev–Trinajstić information content (AvgIpc) is 2.65. The third kappa shape index (κ3) is 5.44. The van der Waals surface area contributed by atoms with Gasteiger partial charge in [0.2, 0.25) is 5.88 Å². The standard InChI is InChI=1S/C20H24FN3O2/c1-14-2-11-19(22-12-14)26-18-9-7-17(8-10-18)24-20(25)23-13-15-3-5-16(21)6-4-15/h2-6,11-12,17-18H,7-10,13H2,1H3,(H2,23,24,25). The van der Waals surface area contributed by atoms with Crippen LogP contribution in [0.3, 0.4) is 0 Å². The van der Waals surface area contributed by atoms with E-state index >= 15 is 0 Å². The van der Waals surface area contributed by atoms with E-state index in [1.165, 1.54) is 12.1 Å². The van der Waals surface area contributed by atoms with Gasteiger partial charge in [-0.2, -0.15) is 0 Å². The molecular formula is C20H24FN3O2. The lowest BCUT2D eigenvalue weighted by Crippen LogP contribution is -2.44. The van der Waals surface area contributed by atoms with E-state index in [0.29, 0.717) is 12.4 Å². The number of aryl methyl sites for hydroxylation is 1. The summed E-state index contributed by atoms with van der Waals surface area (Å²) in [7, 11) is 0. The van der Waals surface area contributed by atoms with E-state index in [1.54, 1.807) is 18.3 Å². The van der Waals surface area contributed by atoms with Gasteiger partial charge in [-0.25, -0.2) is 14.2 Å². The molecule has 3 rings (SSSR count). The molecule has 6 heteroatoms. The Labute approximate surface area is 153 Å². The van der Waals surface area contributed by atoms with Crippen molar-refractivity contribution in [3.05, 3.63) is 59.5 Å². The largest absolute Gasteiger partial charge is 0.474 e. The van der Waals surface area contributed by atoms with Crippen molar-refractivity contribution in [2.45, 2.75) is 51.3 Å². The lowest BCUT2D eigenvalue weighted by atomic mass is 9.93. The fourth-order valence-corrected chi connectivity index (χ4v) is 3.04. The van der Waals surface area contributed by atoms with Crippen molar-refractivity contribution in [2.75, 3.05) is 0 Å². The van der Waals surface area contributed by atoms with Gasteiger partial charge in [-0.05, 0) is 55.9 Å². The highest BCUT2D eigenvalue weighted by molar-refractivity contribution is 5.74. The second-order valence-corrected chi connectivity index (χ2v) is 6.72. The zero-order valence-corrected chi connectivity index (χ0v) is 14.9. The molecule has 138 valence electrons. The number of hydrogen-bond acceptors (Lipinski definition) is 3. The number of carbonyl (C=O) groups is 1. The van der Waals surface area contributed by atoms with E-state index in [1.807, 2.05) is 19.1 Å². The minimum Gasteiger partial charge on any atom is -0.474 e. The summed E-state index contributed by atoms with van der Waals surface area (Å²) in [5.41, 5.74) is 1.97. The Bertz CT molecular complexity index is 711. The molecule has 0 aliphatic heterocycles. The lowest BCUT2D eigenvalue weighted by molar-refractivity contribution is 0.135. The van der Waals surface area contributed by atoms with Gasteiger partial charge in [0, 0.05) is 24.8 Å². The second kappa shape index (κ2) is 8.65. The maximum absolute atomic E-state index is 12.9. The molecule has 1 aliphatic rings. The molecule has 1 heterocycles. The lowest BCUT2D eigenvalue weighted by Gasteiger charge is -2.29. The van der Waals surface area contributed by atoms with Crippen molar-refractivity contribution in [2.24, 2.45) is 0 Å². The van der Waals surface area contributed by atoms with E-state index in [9.17, 15) is 9.18 Å². The van der Waals surface area contributed by atoms with Crippen molar-refractivity contribution >= 4 is 6.03 Å². The molecule has 0 saturated heterocycles. The summed E-state index contributed by atoms with van der Waals surface area (Å²) in [5.74, 6) is 0.377. The van der Waals surface area contributed by atoms with Crippen LogP contribution >= 0.6 is 0 Å². The normalized spacial score (nSPS) is 19.6. The molecule has 26 heavy (non-hydrogen) atoms. The first kappa shape index (κ1) is 18.2. The first-order chi connectivity index (χ1) is 12.6. The molecule has 0 atom stereocenters. The number of ether oxygens (including phenoxy) is 1. The highest BCUT2D eigenvalue weighted by Crippen LogP contribution is 2.23. The highest BCUT2D eigenvalue weighted by atomic mass is 19.1. The fraction of sp³-hybridized carbons (Fsp3) is 0.400. The minimum absolute atomic E-state index is 0.144. The monoisotopic (exact) mass is 357 g/mol. The molecule has 0 unspecified atom stereocenters. The van der Waals surface area contributed by atoms with Gasteiger partial charge in [0.1, 0.15) is 11.9 Å². The molecule has 1 saturated carbocycles. The Hall–Kier alpha value is -2.63. The zero-order chi connectivity index (χ0) is 18.4. The summed E-state index contributed by atoms with van der Waals surface area (Å²) in [5, 5.41) is 5.81. The number of carbonyl (C=O) groups excluding carboxylic acids is 1. The predicted molar refractivity (Wildman–Crippen MR) is 97.4 cm³/mol. The first-order valence-electron chi connectivity index (χ1n) is 8.96. The smallest absolute Gasteiger partial charge is 0.315 e. The topological polar surface area (TPSA) is 63.2 Å². The van der Waals surface area contributed by atoms with Crippen LogP contribution in [0, 0.1) is 12.7 Å². The number of rotatable bonds is 5. The van der Waals surface area contributed by atoms with Crippen LogP contribution in [0.4, 0.5) is 9.18 Å². The fourth-order valence-electron chi connectivity index (χ4n) is 3.04. The van der Waals surface area contributed by atoms with Gasteiger partial charge in [0.05, 0.1) is 0 Å². The molecule has 0 radical (unpaired) electrons. The number of hydrogen-bond donors (Lipinski definition) is 2. The Morgan fingerprint density at radius 1 is 1.15 bits per heavy atom. The van der Waals surface area contributed by atoms with Gasteiger partial charge < -0.3 is 15.4 Å². The summed E-state index contributed by atoms with van der Waals surface area (Å²) >= 11 is 0. The summed E-state index contributed by atoms with van der Waals surface area (Å²) in [4.78, 5) is 16.3. The van der Waals surface area contributed by atoms with Crippen LogP contribution in [0.25, 0.3) is 0 Å².